The molecule has 0 saturated carbocycles. The number of furan rings is 1. The molecule has 0 aliphatic heterocycles. The minimum absolute atomic E-state index is 0.466. The summed E-state index contributed by atoms with van der Waals surface area (Å²) in [6.07, 6.45) is 1.65. The molecular formula is C8H10O3S. The van der Waals surface area contributed by atoms with Crippen molar-refractivity contribution in [2.24, 2.45) is 0 Å². The highest BCUT2D eigenvalue weighted by molar-refractivity contribution is 7.98. The zero-order valence-electron chi connectivity index (χ0n) is 6.56. The van der Waals surface area contributed by atoms with Gasteiger partial charge in [-0.2, -0.15) is 11.8 Å². The van der Waals surface area contributed by atoms with Gasteiger partial charge in [-0.15, -0.1) is 0 Å². The lowest BCUT2D eigenvalue weighted by Gasteiger charge is -1.97. The van der Waals surface area contributed by atoms with Crippen LogP contribution in [0.4, 0.5) is 0 Å². The molecule has 3 nitrogen and oxygen atoms in total. The van der Waals surface area contributed by atoms with Crippen LogP contribution in [0.1, 0.15) is 5.76 Å². The van der Waals surface area contributed by atoms with E-state index in [4.69, 9.17) is 4.42 Å². The van der Waals surface area contributed by atoms with E-state index in [0.29, 0.717) is 13.1 Å². The van der Waals surface area contributed by atoms with Crippen molar-refractivity contribution in [2.45, 2.75) is 5.75 Å². The predicted octanol–water partition coefficient (Wildman–Crippen LogP) is 1.69. The van der Waals surface area contributed by atoms with Crippen molar-refractivity contribution in [3.8, 4) is 0 Å². The maximum absolute atomic E-state index is 9.75. The van der Waals surface area contributed by atoms with E-state index in [-0.39, 0.29) is 0 Å². The fourth-order valence-corrected chi connectivity index (χ4v) is 1.45. The molecule has 0 N–H and O–H groups in total. The van der Waals surface area contributed by atoms with Crippen LogP contribution in [0.15, 0.2) is 22.8 Å². The zero-order chi connectivity index (χ0) is 8.65. The van der Waals surface area contributed by atoms with Gasteiger partial charge in [0.15, 0.2) is 0 Å². The van der Waals surface area contributed by atoms with E-state index >= 15 is 0 Å². The molecule has 0 bridgehead atoms. The van der Waals surface area contributed by atoms with Crippen molar-refractivity contribution in [1.29, 1.82) is 0 Å². The first-order valence-electron chi connectivity index (χ1n) is 3.59. The van der Waals surface area contributed by atoms with Gasteiger partial charge in [-0.05, 0) is 12.1 Å². The summed E-state index contributed by atoms with van der Waals surface area (Å²) < 4.78 is 9.63. The Hall–Kier alpha value is -0.900. The standard InChI is InChI=1S/C8H10O3S/c9-7-10-4-5-12-6-8-2-1-3-11-8/h1-3,7H,4-6H2. The second-order valence-electron chi connectivity index (χ2n) is 2.10. The zero-order valence-corrected chi connectivity index (χ0v) is 7.38. The number of rotatable bonds is 6. The van der Waals surface area contributed by atoms with Crippen LogP contribution in [0.25, 0.3) is 0 Å². The molecule has 0 spiro atoms. The molecule has 66 valence electrons. The van der Waals surface area contributed by atoms with E-state index < -0.39 is 0 Å². The summed E-state index contributed by atoms with van der Waals surface area (Å²) in [6, 6.07) is 3.78. The summed E-state index contributed by atoms with van der Waals surface area (Å²) in [5, 5.41) is 0. The molecule has 1 heterocycles. The van der Waals surface area contributed by atoms with Gasteiger partial charge in [-0.25, -0.2) is 0 Å². The first-order valence-corrected chi connectivity index (χ1v) is 4.74. The molecule has 0 aromatic carbocycles. The average Bonchev–Trinajstić information content (AvgIpc) is 2.57. The van der Waals surface area contributed by atoms with Gasteiger partial charge < -0.3 is 9.15 Å². The second-order valence-corrected chi connectivity index (χ2v) is 3.20. The van der Waals surface area contributed by atoms with Crippen LogP contribution in [0.3, 0.4) is 0 Å². The Morgan fingerprint density at radius 1 is 1.67 bits per heavy atom. The molecule has 1 aromatic heterocycles. The Morgan fingerprint density at radius 2 is 2.58 bits per heavy atom. The third-order valence-electron chi connectivity index (χ3n) is 1.24. The number of thioether (sulfide) groups is 1. The normalized spacial score (nSPS) is 9.67. The van der Waals surface area contributed by atoms with Crippen LogP contribution in [-0.4, -0.2) is 18.8 Å². The first kappa shape index (κ1) is 9.19. The predicted molar refractivity (Wildman–Crippen MR) is 46.9 cm³/mol. The molecular weight excluding hydrogens is 176 g/mol. The molecule has 0 fully saturated rings. The fourth-order valence-electron chi connectivity index (χ4n) is 0.723. The fraction of sp³-hybridized carbons (Fsp3) is 0.375. The molecule has 0 aliphatic carbocycles. The molecule has 0 amide bonds. The van der Waals surface area contributed by atoms with Gasteiger partial charge in [-0.1, -0.05) is 0 Å². The topological polar surface area (TPSA) is 39.4 Å². The summed E-state index contributed by atoms with van der Waals surface area (Å²) >= 11 is 1.67. The van der Waals surface area contributed by atoms with E-state index in [1.54, 1.807) is 18.0 Å². The Labute approximate surface area is 75.1 Å². The Morgan fingerprint density at radius 3 is 3.25 bits per heavy atom. The number of hydrogen-bond acceptors (Lipinski definition) is 4. The largest absolute Gasteiger partial charge is 0.468 e. The van der Waals surface area contributed by atoms with Gasteiger partial charge in [0, 0.05) is 5.75 Å². The molecule has 12 heavy (non-hydrogen) atoms. The summed E-state index contributed by atoms with van der Waals surface area (Å²) in [5.74, 6) is 2.58. The first-order chi connectivity index (χ1) is 5.93. The second kappa shape index (κ2) is 5.71. The van der Waals surface area contributed by atoms with E-state index in [2.05, 4.69) is 4.74 Å². The number of hydrogen-bond donors (Lipinski definition) is 0. The molecule has 0 saturated heterocycles. The monoisotopic (exact) mass is 186 g/mol. The van der Waals surface area contributed by atoms with Gasteiger partial charge in [-0.3, -0.25) is 4.79 Å². The third kappa shape index (κ3) is 3.48. The van der Waals surface area contributed by atoms with Gasteiger partial charge in [0.05, 0.1) is 12.0 Å². The SMILES string of the molecule is O=COCCSCc1ccco1. The van der Waals surface area contributed by atoms with Gasteiger partial charge in [0.1, 0.15) is 12.4 Å². The van der Waals surface area contributed by atoms with Crippen LogP contribution >= 0.6 is 11.8 Å². The number of carbonyl (C=O) groups is 1. The summed E-state index contributed by atoms with van der Waals surface area (Å²) in [7, 11) is 0. The quantitative estimate of drug-likeness (QED) is 0.500. The van der Waals surface area contributed by atoms with E-state index in [0.717, 1.165) is 17.3 Å². The Balaban J connectivity index is 2.00. The number of ether oxygens (including phenoxy) is 1. The van der Waals surface area contributed by atoms with Crippen molar-refractivity contribution in [1.82, 2.24) is 0 Å². The highest BCUT2D eigenvalue weighted by Gasteiger charge is 1.94. The summed E-state index contributed by atoms with van der Waals surface area (Å²) in [5.41, 5.74) is 0. The molecule has 4 heteroatoms. The van der Waals surface area contributed by atoms with Crippen molar-refractivity contribution in [2.75, 3.05) is 12.4 Å². The highest BCUT2D eigenvalue weighted by atomic mass is 32.2. The van der Waals surface area contributed by atoms with Crippen molar-refractivity contribution >= 4 is 18.2 Å². The molecule has 0 aliphatic rings. The smallest absolute Gasteiger partial charge is 0.293 e. The average molecular weight is 186 g/mol. The van der Waals surface area contributed by atoms with E-state index in [1.807, 2.05) is 12.1 Å². The lowest BCUT2D eigenvalue weighted by Crippen LogP contribution is -1.94. The molecule has 0 radical (unpaired) electrons. The van der Waals surface area contributed by atoms with Gasteiger partial charge in [0.2, 0.25) is 0 Å². The van der Waals surface area contributed by atoms with Crippen LogP contribution in [-0.2, 0) is 15.3 Å². The summed E-state index contributed by atoms with van der Waals surface area (Å²) in [4.78, 5) is 9.75. The Kier molecular flexibility index (Phi) is 4.37. The van der Waals surface area contributed by atoms with Crippen LogP contribution in [0, 0.1) is 0 Å². The minimum Gasteiger partial charge on any atom is -0.468 e. The molecule has 0 atom stereocenters. The third-order valence-corrected chi connectivity index (χ3v) is 2.18. The van der Waals surface area contributed by atoms with E-state index in [9.17, 15) is 4.79 Å². The maximum atomic E-state index is 9.75. The van der Waals surface area contributed by atoms with Gasteiger partial charge in [0.25, 0.3) is 6.47 Å². The number of carbonyl (C=O) groups excluding carboxylic acids is 1. The van der Waals surface area contributed by atoms with Crippen LogP contribution < -0.4 is 0 Å². The lowest BCUT2D eigenvalue weighted by molar-refractivity contribution is -0.128. The Bertz CT molecular complexity index is 208. The molecule has 0 unspecified atom stereocenters. The maximum Gasteiger partial charge on any atom is 0.293 e. The minimum atomic E-state index is 0.466. The molecule has 1 aromatic rings. The molecule has 1 rings (SSSR count). The van der Waals surface area contributed by atoms with Crippen LogP contribution in [0.2, 0.25) is 0 Å². The highest BCUT2D eigenvalue weighted by Crippen LogP contribution is 2.11. The van der Waals surface area contributed by atoms with Gasteiger partial charge >= 0.3 is 0 Å². The van der Waals surface area contributed by atoms with Crippen molar-refractivity contribution < 1.29 is 13.9 Å². The van der Waals surface area contributed by atoms with Crippen molar-refractivity contribution in [3.63, 3.8) is 0 Å². The lowest BCUT2D eigenvalue weighted by atomic mass is 10.5. The summed E-state index contributed by atoms with van der Waals surface area (Å²) in [6.45, 7) is 0.933. The van der Waals surface area contributed by atoms with E-state index in [1.165, 1.54) is 0 Å². The van der Waals surface area contributed by atoms with Crippen molar-refractivity contribution in [3.05, 3.63) is 24.2 Å². The van der Waals surface area contributed by atoms with Crippen LogP contribution in [0.5, 0.6) is 0 Å².